The van der Waals surface area contributed by atoms with Crippen LogP contribution in [0, 0.1) is 12.3 Å². The number of hydrogen-bond donors (Lipinski definition) is 2. The van der Waals surface area contributed by atoms with Crippen molar-refractivity contribution in [1.82, 2.24) is 5.32 Å². The molecule has 0 bridgehead atoms. The Kier molecular flexibility index (Phi) is 4.94. The fourth-order valence-electron chi connectivity index (χ4n) is 1.60. The van der Waals surface area contributed by atoms with Gasteiger partial charge >= 0.3 is 0 Å². The van der Waals surface area contributed by atoms with Crippen molar-refractivity contribution >= 4 is 5.91 Å². The monoisotopic (exact) mass is 244 g/mol. The molecule has 1 atom stereocenters. The Hall–Kier alpha value is -1.79. The average Bonchev–Trinajstić information content (AvgIpc) is 2.36. The van der Waals surface area contributed by atoms with Gasteiger partial charge in [-0.1, -0.05) is 36.3 Å². The van der Waals surface area contributed by atoms with Crippen LogP contribution < -0.4 is 11.1 Å². The van der Waals surface area contributed by atoms with E-state index in [1.807, 2.05) is 30.3 Å². The van der Waals surface area contributed by atoms with Crippen molar-refractivity contribution < 1.29 is 4.79 Å². The third-order valence-corrected chi connectivity index (χ3v) is 2.72. The predicted molar refractivity (Wildman–Crippen MR) is 73.7 cm³/mol. The average molecular weight is 244 g/mol. The zero-order chi connectivity index (χ0) is 13.6. The molecule has 1 unspecified atom stereocenters. The Morgan fingerprint density at radius 2 is 2.06 bits per heavy atom. The number of nitrogens with two attached hydrogens (primary N) is 1. The maximum absolute atomic E-state index is 11.7. The normalized spacial score (nSPS) is 12.6. The highest BCUT2D eigenvalue weighted by Gasteiger charge is 2.17. The molecule has 0 heterocycles. The van der Waals surface area contributed by atoms with Crippen LogP contribution in [0.4, 0.5) is 0 Å². The van der Waals surface area contributed by atoms with Crippen LogP contribution in [-0.2, 0) is 4.79 Å². The predicted octanol–water partition coefficient (Wildman–Crippen LogP) is 1.99. The first kappa shape index (κ1) is 14.3. The van der Waals surface area contributed by atoms with Crippen LogP contribution in [0.25, 0.3) is 0 Å². The smallest absolute Gasteiger partial charge is 0.221 e. The van der Waals surface area contributed by atoms with Crippen LogP contribution in [0.1, 0.15) is 38.3 Å². The summed E-state index contributed by atoms with van der Waals surface area (Å²) in [6.07, 6.45) is 6.30. The number of rotatable bonds is 5. The third-order valence-electron chi connectivity index (χ3n) is 2.72. The van der Waals surface area contributed by atoms with Crippen molar-refractivity contribution in [2.75, 3.05) is 0 Å². The highest BCUT2D eigenvalue weighted by atomic mass is 16.1. The van der Waals surface area contributed by atoms with Crippen molar-refractivity contribution in [2.24, 2.45) is 5.73 Å². The summed E-state index contributed by atoms with van der Waals surface area (Å²) in [7, 11) is 0. The van der Waals surface area contributed by atoms with Gasteiger partial charge in [0.05, 0.1) is 5.54 Å². The van der Waals surface area contributed by atoms with Gasteiger partial charge in [-0.15, -0.1) is 6.42 Å². The molecule has 1 amide bonds. The van der Waals surface area contributed by atoms with E-state index in [2.05, 4.69) is 11.2 Å². The van der Waals surface area contributed by atoms with E-state index in [1.54, 1.807) is 13.8 Å². The first-order valence-corrected chi connectivity index (χ1v) is 6.04. The van der Waals surface area contributed by atoms with E-state index >= 15 is 0 Å². The summed E-state index contributed by atoms with van der Waals surface area (Å²) in [6, 6.07) is 9.64. The zero-order valence-corrected chi connectivity index (χ0v) is 10.9. The SMILES string of the molecule is C#CC(C)(C)NC(=O)CCC(N)c1ccccc1. The van der Waals surface area contributed by atoms with Crippen molar-refractivity contribution in [3.05, 3.63) is 35.9 Å². The molecule has 0 fully saturated rings. The molecule has 0 aliphatic rings. The third kappa shape index (κ3) is 4.60. The molecule has 0 aliphatic heterocycles. The molecule has 96 valence electrons. The molecule has 3 heteroatoms. The first-order valence-electron chi connectivity index (χ1n) is 6.04. The van der Waals surface area contributed by atoms with E-state index in [0.29, 0.717) is 12.8 Å². The van der Waals surface area contributed by atoms with E-state index in [-0.39, 0.29) is 11.9 Å². The van der Waals surface area contributed by atoms with E-state index in [1.165, 1.54) is 0 Å². The summed E-state index contributed by atoms with van der Waals surface area (Å²) in [5, 5.41) is 2.78. The van der Waals surface area contributed by atoms with Crippen molar-refractivity contribution in [1.29, 1.82) is 0 Å². The molecule has 1 aromatic rings. The van der Waals surface area contributed by atoms with Crippen LogP contribution in [0.3, 0.4) is 0 Å². The minimum atomic E-state index is -0.603. The number of carbonyl (C=O) groups is 1. The quantitative estimate of drug-likeness (QED) is 0.778. The van der Waals surface area contributed by atoms with Gasteiger partial charge in [-0.25, -0.2) is 0 Å². The van der Waals surface area contributed by atoms with E-state index in [0.717, 1.165) is 5.56 Å². The molecule has 1 rings (SSSR count). The van der Waals surface area contributed by atoms with E-state index in [4.69, 9.17) is 12.2 Å². The summed E-state index contributed by atoms with van der Waals surface area (Å²) >= 11 is 0. The fraction of sp³-hybridized carbons (Fsp3) is 0.400. The van der Waals surface area contributed by atoms with Gasteiger partial charge in [-0.05, 0) is 25.8 Å². The molecule has 0 saturated carbocycles. The Labute approximate surface area is 109 Å². The second-order valence-electron chi connectivity index (χ2n) is 4.87. The maximum Gasteiger partial charge on any atom is 0.221 e. The Balaban J connectivity index is 2.42. The Morgan fingerprint density at radius 3 is 2.61 bits per heavy atom. The molecular weight excluding hydrogens is 224 g/mol. The van der Waals surface area contributed by atoms with Gasteiger partial charge in [0, 0.05) is 12.5 Å². The molecule has 0 aliphatic carbocycles. The number of terminal acetylenes is 1. The molecule has 0 spiro atoms. The largest absolute Gasteiger partial charge is 0.340 e. The molecule has 3 N–H and O–H groups in total. The number of hydrogen-bond acceptors (Lipinski definition) is 2. The molecule has 0 saturated heterocycles. The lowest BCUT2D eigenvalue weighted by molar-refractivity contribution is -0.122. The molecule has 3 nitrogen and oxygen atoms in total. The Bertz CT molecular complexity index is 432. The van der Waals surface area contributed by atoms with Crippen LogP contribution in [0.2, 0.25) is 0 Å². The summed E-state index contributed by atoms with van der Waals surface area (Å²) in [5.41, 5.74) is 6.46. The minimum absolute atomic E-state index is 0.0654. The molecule has 1 aromatic carbocycles. The second kappa shape index (κ2) is 6.23. The standard InChI is InChI=1S/C15H20N2O/c1-4-15(2,3)17-14(18)11-10-13(16)12-8-6-5-7-9-12/h1,5-9,13H,10-11,16H2,2-3H3,(H,17,18). The minimum Gasteiger partial charge on any atom is -0.340 e. The number of nitrogens with one attached hydrogen (secondary N) is 1. The summed E-state index contributed by atoms with van der Waals surface area (Å²) in [6.45, 7) is 3.59. The fourth-order valence-corrected chi connectivity index (χ4v) is 1.60. The van der Waals surface area contributed by atoms with Crippen LogP contribution in [0.5, 0.6) is 0 Å². The van der Waals surface area contributed by atoms with Gasteiger partial charge < -0.3 is 11.1 Å². The lowest BCUT2D eigenvalue weighted by atomic mass is 10.0. The van der Waals surface area contributed by atoms with Crippen LogP contribution >= 0.6 is 0 Å². The topological polar surface area (TPSA) is 55.1 Å². The highest BCUT2D eigenvalue weighted by molar-refractivity contribution is 5.77. The van der Waals surface area contributed by atoms with E-state index in [9.17, 15) is 4.79 Å². The lowest BCUT2D eigenvalue weighted by Crippen LogP contribution is -2.42. The van der Waals surface area contributed by atoms with Crippen LogP contribution in [-0.4, -0.2) is 11.4 Å². The number of benzene rings is 1. The maximum atomic E-state index is 11.7. The molecular formula is C15H20N2O. The number of carbonyl (C=O) groups excluding carboxylic acids is 1. The zero-order valence-electron chi connectivity index (χ0n) is 10.9. The first-order chi connectivity index (χ1) is 8.44. The van der Waals surface area contributed by atoms with Gasteiger partial charge in [-0.2, -0.15) is 0 Å². The highest BCUT2D eigenvalue weighted by Crippen LogP contribution is 2.15. The molecule has 0 radical (unpaired) electrons. The Morgan fingerprint density at radius 1 is 1.44 bits per heavy atom. The lowest BCUT2D eigenvalue weighted by Gasteiger charge is -2.20. The van der Waals surface area contributed by atoms with Gasteiger partial charge in [0.15, 0.2) is 0 Å². The van der Waals surface area contributed by atoms with Crippen molar-refractivity contribution in [3.63, 3.8) is 0 Å². The molecule has 18 heavy (non-hydrogen) atoms. The van der Waals surface area contributed by atoms with Crippen molar-refractivity contribution in [2.45, 2.75) is 38.3 Å². The van der Waals surface area contributed by atoms with Gasteiger partial charge in [-0.3, -0.25) is 4.79 Å². The summed E-state index contributed by atoms with van der Waals surface area (Å²) < 4.78 is 0. The summed E-state index contributed by atoms with van der Waals surface area (Å²) in [4.78, 5) is 11.7. The van der Waals surface area contributed by atoms with Gasteiger partial charge in [0.2, 0.25) is 5.91 Å². The number of amides is 1. The van der Waals surface area contributed by atoms with E-state index < -0.39 is 5.54 Å². The molecule has 0 aromatic heterocycles. The van der Waals surface area contributed by atoms with Gasteiger partial charge in [0.1, 0.15) is 0 Å². The van der Waals surface area contributed by atoms with Gasteiger partial charge in [0.25, 0.3) is 0 Å². The second-order valence-corrected chi connectivity index (χ2v) is 4.87. The summed E-state index contributed by atoms with van der Waals surface area (Å²) in [5.74, 6) is 2.46. The van der Waals surface area contributed by atoms with Crippen molar-refractivity contribution in [3.8, 4) is 12.3 Å². The van der Waals surface area contributed by atoms with Crippen LogP contribution in [0.15, 0.2) is 30.3 Å².